The number of amides is 1. The number of hydrogen-bond acceptors (Lipinski definition) is 4. The van der Waals surface area contributed by atoms with Gasteiger partial charge in [-0.15, -0.1) is 0 Å². The molecule has 1 aliphatic carbocycles. The molecule has 0 bridgehead atoms. The first-order valence-corrected chi connectivity index (χ1v) is 6.22. The van der Waals surface area contributed by atoms with Gasteiger partial charge in [-0.2, -0.15) is 5.26 Å². The Labute approximate surface area is 106 Å². The Hall–Kier alpha value is -1.83. The van der Waals surface area contributed by atoms with Gasteiger partial charge in [-0.1, -0.05) is 12.1 Å². The smallest absolute Gasteiger partial charge is 0.291 e. The van der Waals surface area contributed by atoms with Crippen LogP contribution >= 0.6 is 0 Å². The number of carbonyl (C=O) groups excluding carboxylic acids is 1. The summed E-state index contributed by atoms with van der Waals surface area (Å²) in [6, 6.07) is 3.83. The van der Waals surface area contributed by atoms with Crippen LogP contribution in [0, 0.1) is 24.2 Å². The van der Waals surface area contributed by atoms with Crippen LogP contribution in [-0.4, -0.2) is 16.6 Å². The van der Waals surface area contributed by atoms with Gasteiger partial charge in [0.2, 0.25) is 5.76 Å². The maximum atomic E-state index is 12.0. The van der Waals surface area contributed by atoms with Crippen LogP contribution in [0.25, 0.3) is 0 Å². The van der Waals surface area contributed by atoms with E-state index in [1.165, 1.54) is 0 Å². The average molecular weight is 247 g/mol. The highest BCUT2D eigenvalue weighted by atomic mass is 16.5. The van der Waals surface area contributed by atoms with E-state index in [2.05, 4.69) is 23.5 Å². The standard InChI is InChI=1S/C13H17N3O2/c1-9-3-5-13(8-14,6-4-9)15-12(17)11-7-10(2)16-18-11/h7,9H,3-6H2,1-2H3,(H,15,17). The fourth-order valence-electron chi connectivity index (χ4n) is 2.27. The van der Waals surface area contributed by atoms with E-state index in [4.69, 9.17) is 4.52 Å². The van der Waals surface area contributed by atoms with E-state index in [0.29, 0.717) is 24.5 Å². The first kappa shape index (κ1) is 12.6. The van der Waals surface area contributed by atoms with Crippen molar-refractivity contribution >= 4 is 5.91 Å². The van der Waals surface area contributed by atoms with Gasteiger partial charge in [-0.3, -0.25) is 4.79 Å². The molecule has 1 fully saturated rings. The Balaban J connectivity index is 2.07. The van der Waals surface area contributed by atoms with Gasteiger partial charge in [0.15, 0.2) is 0 Å². The van der Waals surface area contributed by atoms with Crippen LogP contribution in [0.3, 0.4) is 0 Å². The summed E-state index contributed by atoms with van der Waals surface area (Å²) in [7, 11) is 0. The molecule has 1 aliphatic rings. The molecule has 5 heteroatoms. The maximum Gasteiger partial charge on any atom is 0.291 e. The first-order valence-electron chi connectivity index (χ1n) is 6.22. The lowest BCUT2D eigenvalue weighted by Crippen LogP contribution is -2.49. The van der Waals surface area contributed by atoms with Crippen LogP contribution in [-0.2, 0) is 0 Å². The summed E-state index contributed by atoms with van der Waals surface area (Å²) in [6.45, 7) is 3.92. The van der Waals surface area contributed by atoms with Gasteiger partial charge in [-0.05, 0) is 38.5 Å². The van der Waals surface area contributed by atoms with Crippen molar-refractivity contribution in [3.8, 4) is 6.07 Å². The van der Waals surface area contributed by atoms with Gasteiger partial charge in [0.25, 0.3) is 5.91 Å². The monoisotopic (exact) mass is 247 g/mol. The summed E-state index contributed by atoms with van der Waals surface area (Å²) in [5.74, 6) is 0.434. The highest BCUT2D eigenvalue weighted by molar-refractivity contribution is 5.92. The van der Waals surface area contributed by atoms with Crippen molar-refractivity contribution in [2.24, 2.45) is 5.92 Å². The Kier molecular flexibility index (Phi) is 3.37. The Morgan fingerprint density at radius 3 is 2.78 bits per heavy atom. The zero-order chi connectivity index (χ0) is 13.2. The molecule has 1 N–H and O–H groups in total. The van der Waals surface area contributed by atoms with E-state index >= 15 is 0 Å². The molecule has 0 aromatic carbocycles. The van der Waals surface area contributed by atoms with Gasteiger partial charge in [0.1, 0.15) is 5.54 Å². The molecule has 0 aliphatic heterocycles. The van der Waals surface area contributed by atoms with E-state index in [9.17, 15) is 10.1 Å². The third-order valence-corrected chi connectivity index (χ3v) is 3.55. The van der Waals surface area contributed by atoms with Crippen LogP contribution in [0.4, 0.5) is 0 Å². The number of aryl methyl sites for hydroxylation is 1. The van der Waals surface area contributed by atoms with Crippen molar-refractivity contribution < 1.29 is 9.32 Å². The number of nitriles is 1. The van der Waals surface area contributed by atoms with E-state index in [1.54, 1.807) is 13.0 Å². The summed E-state index contributed by atoms with van der Waals surface area (Å²) >= 11 is 0. The van der Waals surface area contributed by atoms with Gasteiger partial charge in [0, 0.05) is 6.07 Å². The number of aromatic nitrogens is 1. The minimum Gasteiger partial charge on any atom is -0.351 e. The van der Waals surface area contributed by atoms with Gasteiger partial charge in [0.05, 0.1) is 11.8 Å². The SMILES string of the molecule is Cc1cc(C(=O)NC2(C#N)CCC(C)CC2)on1. The van der Waals surface area contributed by atoms with Crippen LogP contribution in [0.2, 0.25) is 0 Å². The molecule has 1 aromatic heterocycles. The quantitative estimate of drug-likeness (QED) is 0.868. The number of rotatable bonds is 2. The highest BCUT2D eigenvalue weighted by Crippen LogP contribution is 2.31. The Morgan fingerprint density at radius 2 is 2.28 bits per heavy atom. The van der Waals surface area contributed by atoms with Gasteiger partial charge >= 0.3 is 0 Å². The highest BCUT2D eigenvalue weighted by Gasteiger charge is 2.36. The summed E-state index contributed by atoms with van der Waals surface area (Å²) < 4.78 is 4.91. The largest absolute Gasteiger partial charge is 0.351 e. The molecule has 0 radical (unpaired) electrons. The minimum absolute atomic E-state index is 0.167. The second-order valence-electron chi connectivity index (χ2n) is 5.16. The normalized spacial score (nSPS) is 27.5. The first-order chi connectivity index (χ1) is 8.54. The Bertz CT molecular complexity index is 479. The van der Waals surface area contributed by atoms with Crippen molar-refractivity contribution in [1.29, 1.82) is 5.26 Å². The van der Waals surface area contributed by atoms with E-state index in [-0.39, 0.29) is 11.7 Å². The molecule has 5 nitrogen and oxygen atoms in total. The summed E-state index contributed by atoms with van der Waals surface area (Å²) in [4.78, 5) is 12.0. The molecule has 1 amide bonds. The minimum atomic E-state index is -0.746. The van der Waals surface area contributed by atoms with Crippen molar-refractivity contribution in [3.05, 3.63) is 17.5 Å². The number of nitrogens with zero attached hydrogens (tertiary/aromatic N) is 2. The van der Waals surface area contributed by atoms with Crippen molar-refractivity contribution in [2.75, 3.05) is 0 Å². The van der Waals surface area contributed by atoms with Crippen molar-refractivity contribution in [3.63, 3.8) is 0 Å². The summed E-state index contributed by atoms with van der Waals surface area (Å²) in [6.07, 6.45) is 3.32. The zero-order valence-electron chi connectivity index (χ0n) is 10.7. The Morgan fingerprint density at radius 1 is 1.61 bits per heavy atom. The third-order valence-electron chi connectivity index (χ3n) is 3.55. The molecule has 96 valence electrons. The fraction of sp³-hybridized carbons (Fsp3) is 0.615. The molecular weight excluding hydrogens is 230 g/mol. The molecule has 1 saturated carbocycles. The van der Waals surface area contributed by atoms with E-state index in [0.717, 1.165) is 12.8 Å². The fourth-order valence-corrected chi connectivity index (χ4v) is 2.27. The van der Waals surface area contributed by atoms with Crippen LogP contribution < -0.4 is 5.32 Å². The summed E-state index contributed by atoms with van der Waals surface area (Å²) in [5, 5.41) is 15.8. The molecule has 0 atom stereocenters. The second kappa shape index (κ2) is 4.81. The molecular formula is C13H17N3O2. The predicted molar refractivity (Wildman–Crippen MR) is 64.7 cm³/mol. The maximum absolute atomic E-state index is 12.0. The lowest BCUT2D eigenvalue weighted by Gasteiger charge is -2.33. The summed E-state index contributed by atoms with van der Waals surface area (Å²) in [5.41, 5.74) is -0.0898. The number of nitrogens with one attached hydrogen (secondary N) is 1. The third kappa shape index (κ3) is 2.53. The predicted octanol–water partition coefficient (Wildman–Crippen LogP) is 2.19. The van der Waals surface area contributed by atoms with Crippen LogP contribution in [0.5, 0.6) is 0 Å². The molecule has 1 aromatic rings. The van der Waals surface area contributed by atoms with Crippen molar-refractivity contribution in [1.82, 2.24) is 10.5 Å². The second-order valence-corrected chi connectivity index (χ2v) is 5.16. The topological polar surface area (TPSA) is 78.9 Å². The number of hydrogen-bond donors (Lipinski definition) is 1. The molecule has 0 saturated heterocycles. The lowest BCUT2D eigenvalue weighted by atomic mass is 9.78. The average Bonchev–Trinajstić information content (AvgIpc) is 2.79. The van der Waals surface area contributed by atoms with Gasteiger partial charge < -0.3 is 9.84 Å². The van der Waals surface area contributed by atoms with Gasteiger partial charge in [-0.25, -0.2) is 0 Å². The molecule has 0 spiro atoms. The van der Waals surface area contributed by atoms with Crippen LogP contribution in [0.15, 0.2) is 10.6 Å². The molecule has 2 rings (SSSR count). The van der Waals surface area contributed by atoms with E-state index < -0.39 is 5.54 Å². The number of carbonyl (C=O) groups is 1. The molecule has 1 heterocycles. The van der Waals surface area contributed by atoms with Crippen molar-refractivity contribution in [2.45, 2.75) is 45.1 Å². The molecule has 0 unspecified atom stereocenters. The van der Waals surface area contributed by atoms with Crippen LogP contribution in [0.1, 0.15) is 48.9 Å². The molecule has 18 heavy (non-hydrogen) atoms. The lowest BCUT2D eigenvalue weighted by molar-refractivity contribution is 0.0856. The van der Waals surface area contributed by atoms with E-state index in [1.807, 2.05) is 0 Å². The zero-order valence-corrected chi connectivity index (χ0v) is 10.7.